The van der Waals surface area contributed by atoms with Crippen molar-refractivity contribution < 1.29 is 23.8 Å². The molecule has 0 aliphatic heterocycles. The van der Waals surface area contributed by atoms with E-state index in [-0.39, 0.29) is 25.2 Å². The van der Waals surface area contributed by atoms with Crippen LogP contribution in [0.5, 0.6) is 0 Å². The third-order valence-electron chi connectivity index (χ3n) is 8.61. The van der Waals surface area contributed by atoms with Gasteiger partial charge in [-0.25, -0.2) is 0 Å². The maximum Gasteiger partial charge on any atom is 0.305 e. The van der Waals surface area contributed by atoms with Crippen molar-refractivity contribution in [2.75, 3.05) is 13.2 Å². The molecule has 0 saturated carbocycles. The zero-order valence-corrected chi connectivity index (χ0v) is 31.0. The summed E-state index contributed by atoms with van der Waals surface area (Å²) in [6, 6.07) is 0. The van der Waals surface area contributed by atoms with Crippen LogP contribution in [0.1, 0.15) is 213 Å². The molecule has 0 aromatic rings. The molecule has 5 nitrogen and oxygen atoms in total. The van der Waals surface area contributed by atoms with Gasteiger partial charge in [-0.05, 0) is 31.5 Å². The summed E-state index contributed by atoms with van der Waals surface area (Å²) >= 11 is 5.53. The lowest BCUT2D eigenvalue weighted by Crippen LogP contribution is -2.30. The molecule has 0 spiro atoms. The molecule has 266 valence electrons. The summed E-state index contributed by atoms with van der Waals surface area (Å²) in [5.41, 5.74) is 0. The SMILES string of the molecule is CCCCCCCCCCCCCC(=S)OC(COC(=O)CCCCCCCCCC)COC(=O)CCCCCCCCCC. The molecule has 0 rings (SSSR count). The minimum absolute atomic E-state index is 0.0687. The highest BCUT2D eigenvalue weighted by molar-refractivity contribution is 7.80. The first-order valence-electron chi connectivity index (χ1n) is 19.5. The van der Waals surface area contributed by atoms with Crippen molar-refractivity contribution in [3.8, 4) is 0 Å². The average molecular weight is 655 g/mol. The van der Waals surface area contributed by atoms with E-state index in [4.69, 9.17) is 26.4 Å². The Bertz CT molecular complexity index is 632. The molecule has 0 bridgehead atoms. The molecule has 0 aliphatic carbocycles. The van der Waals surface area contributed by atoms with Gasteiger partial charge in [0.05, 0.1) is 0 Å². The molecule has 6 heteroatoms. The van der Waals surface area contributed by atoms with Crippen LogP contribution < -0.4 is 0 Å². The fraction of sp³-hybridized carbons (Fsp3) is 0.923. The third-order valence-corrected chi connectivity index (χ3v) is 8.91. The first-order chi connectivity index (χ1) is 22.0. The first-order valence-corrected chi connectivity index (χ1v) is 19.9. The average Bonchev–Trinajstić information content (AvgIpc) is 3.03. The van der Waals surface area contributed by atoms with Crippen molar-refractivity contribution in [2.45, 2.75) is 219 Å². The van der Waals surface area contributed by atoms with E-state index < -0.39 is 6.10 Å². The van der Waals surface area contributed by atoms with E-state index >= 15 is 0 Å². The Kier molecular flexibility index (Phi) is 34.8. The van der Waals surface area contributed by atoms with E-state index in [0.717, 1.165) is 38.5 Å². The third kappa shape index (κ3) is 34.0. The van der Waals surface area contributed by atoms with Gasteiger partial charge in [-0.2, -0.15) is 0 Å². The second kappa shape index (κ2) is 35.7. The number of hydrogen-bond acceptors (Lipinski definition) is 6. The standard InChI is InChI=1S/C39H74O5S/c1-4-7-10-13-16-19-20-21-24-27-30-33-39(45)44-36(34-42-37(40)31-28-25-22-17-14-11-8-5-2)35-43-38(41)32-29-26-23-18-15-12-9-6-3/h36H,4-35H2,1-3H3. The van der Waals surface area contributed by atoms with Crippen LogP contribution in [0.4, 0.5) is 0 Å². The predicted molar refractivity (Wildman–Crippen MR) is 195 cm³/mol. The van der Waals surface area contributed by atoms with E-state index in [9.17, 15) is 9.59 Å². The molecule has 45 heavy (non-hydrogen) atoms. The quantitative estimate of drug-likeness (QED) is 0.0385. The molecule has 0 heterocycles. The molecule has 0 amide bonds. The number of esters is 2. The minimum atomic E-state index is -0.546. The summed E-state index contributed by atoms with van der Waals surface area (Å²) in [4.78, 5) is 24.8. The van der Waals surface area contributed by atoms with Gasteiger partial charge in [0, 0.05) is 19.3 Å². The molecule has 0 aromatic carbocycles. The van der Waals surface area contributed by atoms with E-state index in [0.29, 0.717) is 24.3 Å². The molecule has 0 atom stereocenters. The number of carbonyl (C=O) groups is 2. The molecule has 0 fully saturated rings. The van der Waals surface area contributed by atoms with Gasteiger partial charge in [-0.3, -0.25) is 9.59 Å². The highest BCUT2D eigenvalue weighted by Crippen LogP contribution is 2.14. The van der Waals surface area contributed by atoms with Crippen molar-refractivity contribution in [2.24, 2.45) is 0 Å². The number of hydrogen-bond donors (Lipinski definition) is 0. The van der Waals surface area contributed by atoms with Crippen LogP contribution in [0, 0.1) is 0 Å². The number of unbranched alkanes of at least 4 members (excludes halogenated alkanes) is 24. The molecular weight excluding hydrogens is 580 g/mol. The fourth-order valence-electron chi connectivity index (χ4n) is 5.62. The highest BCUT2D eigenvalue weighted by atomic mass is 32.1. The van der Waals surface area contributed by atoms with Crippen LogP contribution in [0.2, 0.25) is 0 Å². The Labute approximate surface area is 285 Å². The van der Waals surface area contributed by atoms with E-state index in [1.54, 1.807) is 0 Å². The molecule has 0 unspecified atom stereocenters. The van der Waals surface area contributed by atoms with Crippen molar-refractivity contribution in [3.05, 3.63) is 0 Å². The molecular formula is C39H74O5S. The highest BCUT2D eigenvalue weighted by Gasteiger charge is 2.18. The summed E-state index contributed by atoms with van der Waals surface area (Å²) in [7, 11) is 0. The second-order valence-electron chi connectivity index (χ2n) is 13.2. The van der Waals surface area contributed by atoms with Crippen molar-refractivity contribution in [3.63, 3.8) is 0 Å². The summed E-state index contributed by atoms with van der Waals surface area (Å²) in [6.07, 6.45) is 34.1. The van der Waals surface area contributed by atoms with Gasteiger partial charge in [0.1, 0.15) is 13.2 Å². The van der Waals surface area contributed by atoms with Crippen molar-refractivity contribution in [1.29, 1.82) is 0 Å². The van der Waals surface area contributed by atoms with Gasteiger partial charge >= 0.3 is 11.9 Å². The van der Waals surface area contributed by atoms with Crippen LogP contribution in [-0.2, 0) is 23.8 Å². The van der Waals surface area contributed by atoms with Gasteiger partial charge < -0.3 is 14.2 Å². The van der Waals surface area contributed by atoms with Crippen LogP contribution >= 0.6 is 12.2 Å². The zero-order valence-electron chi connectivity index (χ0n) is 30.2. The molecule has 0 N–H and O–H groups in total. The monoisotopic (exact) mass is 655 g/mol. The molecule has 0 aromatic heterocycles. The molecule has 0 saturated heterocycles. The van der Waals surface area contributed by atoms with Gasteiger partial charge in [0.2, 0.25) is 0 Å². The smallest absolute Gasteiger partial charge is 0.305 e. The maximum absolute atomic E-state index is 12.4. The van der Waals surface area contributed by atoms with Crippen molar-refractivity contribution in [1.82, 2.24) is 0 Å². The Hall–Kier alpha value is -1.17. The lowest BCUT2D eigenvalue weighted by Gasteiger charge is -2.20. The second-order valence-corrected chi connectivity index (χ2v) is 13.7. The van der Waals surface area contributed by atoms with Crippen molar-refractivity contribution >= 4 is 29.2 Å². The topological polar surface area (TPSA) is 61.8 Å². The number of rotatable bonds is 35. The van der Waals surface area contributed by atoms with Crippen LogP contribution in [0.15, 0.2) is 0 Å². The van der Waals surface area contributed by atoms with E-state index in [1.807, 2.05) is 0 Å². The Morgan fingerprint density at radius 2 is 0.689 bits per heavy atom. The van der Waals surface area contributed by atoms with Crippen LogP contribution in [-0.4, -0.2) is 36.3 Å². The van der Waals surface area contributed by atoms with Gasteiger partial charge in [0.15, 0.2) is 11.2 Å². The Morgan fingerprint density at radius 1 is 0.422 bits per heavy atom. The molecule has 0 aliphatic rings. The maximum atomic E-state index is 12.4. The largest absolute Gasteiger partial charge is 0.477 e. The minimum Gasteiger partial charge on any atom is -0.477 e. The fourth-order valence-corrected chi connectivity index (χ4v) is 5.90. The first kappa shape index (κ1) is 43.8. The summed E-state index contributed by atoms with van der Waals surface area (Å²) < 4.78 is 17.1. The van der Waals surface area contributed by atoms with Crippen LogP contribution in [0.3, 0.4) is 0 Å². The Balaban J connectivity index is 4.33. The van der Waals surface area contributed by atoms with Gasteiger partial charge in [-0.15, -0.1) is 0 Å². The predicted octanol–water partition coefficient (Wildman–Crippen LogP) is 12.5. The zero-order chi connectivity index (χ0) is 33.1. The van der Waals surface area contributed by atoms with E-state index in [1.165, 1.54) is 135 Å². The lowest BCUT2D eigenvalue weighted by atomic mass is 10.1. The number of ether oxygens (including phenoxy) is 3. The van der Waals surface area contributed by atoms with Gasteiger partial charge in [-0.1, -0.05) is 175 Å². The normalized spacial score (nSPS) is 11.2. The summed E-state index contributed by atoms with van der Waals surface area (Å²) in [5.74, 6) is -0.424. The van der Waals surface area contributed by atoms with E-state index in [2.05, 4.69) is 20.8 Å². The molecule has 0 radical (unpaired) electrons. The van der Waals surface area contributed by atoms with Gasteiger partial charge in [0.25, 0.3) is 0 Å². The van der Waals surface area contributed by atoms with Crippen LogP contribution in [0.25, 0.3) is 0 Å². The number of thiocarbonyl (C=S) groups is 1. The Morgan fingerprint density at radius 3 is 1.00 bits per heavy atom. The summed E-state index contributed by atoms with van der Waals surface area (Å²) in [5, 5.41) is 0.522. The lowest BCUT2D eigenvalue weighted by molar-refractivity contribution is -0.151. The summed E-state index contributed by atoms with van der Waals surface area (Å²) in [6.45, 7) is 6.86. The number of carbonyl (C=O) groups excluding carboxylic acids is 2.